The summed E-state index contributed by atoms with van der Waals surface area (Å²) in [7, 11) is -8.01. The maximum absolute atomic E-state index is 10.4. The van der Waals surface area contributed by atoms with Crippen molar-refractivity contribution in [3.05, 3.63) is 0 Å². The Morgan fingerprint density at radius 3 is 1.70 bits per heavy atom. The average molecular weight is 389 g/mol. The van der Waals surface area contributed by atoms with Gasteiger partial charge in [-0.2, -0.15) is 0 Å². The van der Waals surface area contributed by atoms with Crippen molar-refractivity contribution in [2.75, 3.05) is 7.11 Å². The lowest BCUT2D eigenvalue weighted by molar-refractivity contribution is 0.294. The maximum atomic E-state index is 10.4. The molecule has 0 rings (SSSR count). The van der Waals surface area contributed by atoms with Crippen LogP contribution in [0.15, 0.2) is 0 Å². The van der Waals surface area contributed by atoms with Crippen LogP contribution < -0.4 is 0 Å². The third-order valence-corrected chi connectivity index (χ3v) is 39.7. The van der Waals surface area contributed by atoms with E-state index in [2.05, 4.69) is 32.7 Å². The van der Waals surface area contributed by atoms with E-state index in [9.17, 15) is 4.80 Å². The summed E-state index contributed by atoms with van der Waals surface area (Å²) in [6, 6.07) is 0. The van der Waals surface area contributed by atoms with Crippen LogP contribution in [0.3, 0.4) is 0 Å². The quantitative estimate of drug-likeness (QED) is 0.619. The van der Waals surface area contributed by atoms with E-state index in [0.717, 1.165) is 9.76 Å². The molecule has 0 aromatic carbocycles. The van der Waals surface area contributed by atoms with Crippen LogP contribution in [0.5, 0.6) is 0 Å². The van der Waals surface area contributed by atoms with Crippen molar-refractivity contribution in [1.29, 1.82) is 0 Å². The van der Waals surface area contributed by atoms with Crippen LogP contribution in [0.25, 0.3) is 0 Å². The van der Waals surface area contributed by atoms with Crippen molar-refractivity contribution in [2.24, 2.45) is 0 Å². The molecule has 20 heavy (non-hydrogen) atoms. The van der Waals surface area contributed by atoms with Gasteiger partial charge >= 0.3 is 16.2 Å². The Morgan fingerprint density at radius 1 is 0.950 bits per heavy atom. The SMILES string of the molecule is CO[Si]([SiH3])(O[SiH](C)O[Si](C)(C)O[Si](C)(C)C)[Si](C)(C)O. The smallest absolute Gasteiger partial charge is 0.312 e. The van der Waals surface area contributed by atoms with Gasteiger partial charge in [-0.1, -0.05) is 0 Å². The van der Waals surface area contributed by atoms with E-state index in [1.165, 1.54) is 0 Å². The predicted molar refractivity (Wildman–Crippen MR) is 99.5 cm³/mol. The van der Waals surface area contributed by atoms with Gasteiger partial charge in [-0.15, -0.1) is 0 Å². The first kappa shape index (κ1) is 21.1. The molecular weight excluding hydrogens is 357 g/mol. The van der Waals surface area contributed by atoms with Crippen molar-refractivity contribution in [3.8, 4) is 0 Å². The van der Waals surface area contributed by atoms with Gasteiger partial charge in [0.2, 0.25) is 7.83 Å². The fraction of sp³-hybridized carbons (Fsp3) is 1.00. The molecule has 0 aliphatic carbocycles. The lowest BCUT2D eigenvalue weighted by Gasteiger charge is -2.39. The molecule has 0 aromatic rings. The van der Waals surface area contributed by atoms with Crippen molar-refractivity contribution in [3.63, 3.8) is 0 Å². The Morgan fingerprint density at radius 2 is 1.40 bits per heavy atom. The van der Waals surface area contributed by atoms with Gasteiger partial charge in [-0.3, -0.25) is 0 Å². The molecule has 0 saturated carbocycles. The van der Waals surface area contributed by atoms with E-state index in [1.54, 1.807) is 7.11 Å². The Hall–Kier alpha value is 1.10. The third-order valence-electron chi connectivity index (χ3n) is 2.89. The topological polar surface area (TPSA) is 57.2 Å². The second-order valence-electron chi connectivity index (χ2n) is 7.13. The minimum Gasteiger partial charge on any atom is -0.437 e. The molecule has 0 saturated heterocycles. The van der Waals surface area contributed by atoms with Gasteiger partial charge < -0.3 is 21.6 Å². The first-order chi connectivity index (χ1) is 8.62. The van der Waals surface area contributed by atoms with Crippen molar-refractivity contribution in [1.82, 2.24) is 0 Å². The fourth-order valence-corrected chi connectivity index (χ4v) is 25.4. The molecule has 122 valence electrons. The van der Waals surface area contributed by atoms with Crippen LogP contribution in [-0.4, -0.2) is 63.3 Å². The summed E-state index contributed by atoms with van der Waals surface area (Å²) < 4.78 is 24.1. The number of hydrogen-bond acceptors (Lipinski definition) is 5. The highest BCUT2D eigenvalue weighted by atomic mass is 29.6. The van der Waals surface area contributed by atoms with Crippen LogP contribution in [0.4, 0.5) is 0 Å². The molecule has 0 aliphatic heterocycles. The number of rotatable bonds is 8. The van der Waals surface area contributed by atoms with Crippen molar-refractivity contribution >= 4 is 51.4 Å². The second kappa shape index (κ2) is 7.12. The predicted octanol–water partition coefficient (Wildman–Crippen LogP) is 0.650. The molecule has 0 aliphatic rings. The molecule has 0 fully saturated rings. The van der Waals surface area contributed by atoms with E-state index in [4.69, 9.17) is 16.8 Å². The van der Waals surface area contributed by atoms with Crippen molar-refractivity contribution < 1.29 is 21.6 Å². The van der Waals surface area contributed by atoms with Gasteiger partial charge in [0.25, 0.3) is 9.28 Å². The van der Waals surface area contributed by atoms with E-state index >= 15 is 0 Å². The molecular formula is C9H32O5Si6. The molecule has 0 aromatic heterocycles. The minimum atomic E-state index is -2.40. The van der Waals surface area contributed by atoms with Crippen LogP contribution in [0, 0.1) is 0 Å². The number of hydrogen-bond donors (Lipinski definition) is 1. The lowest BCUT2D eigenvalue weighted by atomic mass is 11.8. The monoisotopic (exact) mass is 388 g/mol. The van der Waals surface area contributed by atoms with Crippen LogP contribution >= 0.6 is 0 Å². The van der Waals surface area contributed by atoms with Gasteiger partial charge in [-0.05, 0) is 52.4 Å². The van der Waals surface area contributed by atoms with Crippen molar-refractivity contribution in [2.45, 2.75) is 52.4 Å². The molecule has 2 atom stereocenters. The van der Waals surface area contributed by atoms with E-state index < -0.39 is 41.6 Å². The summed E-state index contributed by atoms with van der Waals surface area (Å²) in [6.45, 7) is 16.5. The Kier molecular flexibility index (Phi) is 7.51. The molecule has 1 N–H and O–H groups in total. The maximum Gasteiger partial charge on any atom is 0.312 e. The molecule has 11 heteroatoms. The lowest BCUT2D eigenvalue weighted by Crippen LogP contribution is -2.67. The van der Waals surface area contributed by atoms with Crippen LogP contribution in [0.1, 0.15) is 0 Å². The van der Waals surface area contributed by atoms with E-state index in [-0.39, 0.29) is 0 Å². The van der Waals surface area contributed by atoms with E-state index in [0.29, 0.717) is 0 Å². The fourth-order valence-electron chi connectivity index (χ4n) is 1.94. The first-order valence-corrected chi connectivity index (χ1v) is 24.5. The summed E-state index contributed by atoms with van der Waals surface area (Å²) in [5.74, 6) is 0. The van der Waals surface area contributed by atoms with Crippen LogP contribution in [-0.2, 0) is 16.8 Å². The molecule has 0 bridgehead atoms. The molecule has 0 spiro atoms. The zero-order chi connectivity index (χ0) is 16.4. The highest BCUT2D eigenvalue weighted by Crippen LogP contribution is 2.20. The summed E-state index contributed by atoms with van der Waals surface area (Å²) in [4.78, 5) is 10.4. The largest absolute Gasteiger partial charge is 0.437 e. The van der Waals surface area contributed by atoms with Gasteiger partial charge in [-0.25, -0.2) is 0 Å². The molecule has 0 heterocycles. The molecule has 2 unspecified atom stereocenters. The van der Waals surface area contributed by atoms with Gasteiger partial charge in [0.15, 0.2) is 8.32 Å². The van der Waals surface area contributed by atoms with E-state index in [1.807, 2.05) is 19.6 Å². The molecule has 0 radical (unpaired) electrons. The first-order valence-electron chi connectivity index (χ1n) is 6.95. The highest BCUT2D eigenvalue weighted by molar-refractivity contribution is 7.51. The summed E-state index contributed by atoms with van der Waals surface area (Å²) in [5, 5.41) is 0. The molecule has 5 nitrogen and oxygen atoms in total. The zero-order valence-electron chi connectivity index (χ0n) is 14.7. The highest BCUT2D eigenvalue weighted by Gasteiger charge is 2.50. The zero-order valence-corrected chi connectivity index (χ0v) is 21.8. The Labute approximate surface area is 132 Å². The molecule has 0 amide bonds. The second-order valence-corrected chi connectivity index (χ2v) is 36.8. The standard InChI is InChI=1S/C9H32O5Si6/c1-11-20(15,18(6,7)10)13-16(2)12-19(8,9)14-17(3,4)5/h10,16H,1-9,15H3. The van der Waals surface area contributed by atoms with Crippen LogP contribution in [0.2, 0.25) is 52.4 Å². The summed E-state index contributed by atoms with van der Waals surface area (Å²) in [6.07, 6.45) is 0. The minimum absolute atomic E-state index is 0.754. The average Bonchev–Trinajstić information content (AvgIpc) is 2.09. The van der Waals surface area contributed by atoms with Gasteiger partial charge in [0, 0.05) is 7.11 Å². The summed E-state index contributed by atoms with van der Waals surface area (Å²) >= 11 is 0. The third kappa shape index (κ3) is 7.39. The van der Waals surface area contributed by atoms with Gasteiger partial charge in [0.1, 0.15) is 0 Å². The Balaban J connectivity index is 4.74. The Bertz CT molecular complexity index is 315. The van der Waals surface area contributed by atoms with Gasteiger partial charge in [0.05, 0.1) is 9.76 Å². The summed E-state index contributed by atoms with van der Waals surface area (Å²) in [5.41, 5.74) is 0. The normalized spacial score (nSPS) is 18.9.